The van der Waals surface area contributed by atoms with Crippen LogP contribution in [0.5, 0.6) is 0 Å². The summed E-state index contributed by atoms with van der Waals surface area (Å²) in [4.78, 5) is 13.2. The molecule has 0 radical (unpaired) electrons. The molecular formula is C11H8Cl2F2N4. The summed E-state index contributed by atoms with van der Waals surface area (Å²) in [6, 6.07) is -0.270. The second kappa shape index (κ2) is 4.38. The van der Waals surface area contributed by atoms with Crippen LogP contribution in [0.4, 0.5) is 14.6 Å². The molecule has 1 aliphatic rings. The van der Waals surface area contributed by atoms with Crippen molar-refractivity contribution in [1.29, 1.82) is 0 Å². The van der Waals surface area contributed by atoms with Crippen molar-refractivity contribution >= 4 is 39.9 Å². The van der Waals surface area contributed by atoms with Gasteiger partial charge in [0.1, 0.15) is 17.5 Å². The van der Waals surface area contributed by atoms with Gasteiger partial charge < -0.3 is 4.90 Å². The van der Waals surface area contributed by atoms with Crippen LogP contribution in [0.25, 0.3) is 10.9 Å². The molecule has 19 heavy (non-hydrogen) atoms. The van der Waals surface area contributed by atoms with Crippen LogP contribution in [0.15, 0.2) is 6.20 Å². The zero-order valence-corrected chi connectivity index (χ0v) is 11.3. The van der Waals surface area contributed by atoms with Gasteiger partial charge in [0.25, 0.3) is 0 Å². The van der Waals surface area contributed by atoms with Gasteiger partial charge in [-0.15, -0.1) is 0 Å². The molecule has 0 aromatic carbocycles. The summed E-state index contributed by atoms with van der Waals surface area (Å²) in [5, 5.41) is -0.0508. The first-order valence-corrected chi connectivity index (χ1v) is 6.28. The van der Waals surface area contributed by atoms with Gasteiger partial charge in [-0.05, 0) is 11.6 Å². The Morgan fingerprint density at radius 2 is 2.05 bits per heavy atom. The number of halogens is 4. The molecule has 2 heterocycles. The Labute approximate surface area is 117 Å². The normalized spacial score (nSPS) is 21.7. The highest BCUT2D eigenvalue weighted by Gasteiger charge is 2.42. The van der Waals surface area contributed by atoms with E-state index in [1.165, 1.54) is 6.20 Å². The van der Waals surface area contributed by atoms with E-state index in [2.05, 4.69) is 15.0 Å². The van der Waals surface area contributed by atoms with Gasteiger partial charge in [0.05, 0.1) is 11.4 Å². The number of nitrogens with zero attached hydrogens (tertiary/aromatic N) is 4. The molecule has 1 aliphatic carbocycles. The molecule has 1 saturated carbocycles. The van der Waals surface area contributed by atoms with Crippen LogP contribution in [0.2, 0.25) is 10.4 Å². The molecule has 1 unspecified atom stereocenters. The van der Waals surface area contributed by atoms with Crippen LogP contribution in [-0.4, -0.2) is 34.2 Å². The first-order chi connectivity index (χ1) is 8.99. The molecule has 100 valence electrons. The maximum Gasteiger partial charge on any atom is 0.225 e. The maximum atomic E-state index is 13.9. The highest BCUT2D eigenvalue weighted by atomic mass is 35.5. The minimum atomic E-state index is -0.904. The van der Waals surface area contributed by atoms with Crippen molar-refractivity contribution in [3.05, 3.63) is 22.5 Å². The molecule has 3 rings (SSSR count). The number of hydrogen-bond donors (Lipinski definition) is 0. The smallest absolute Gasteiger partial charge is 0.225 e. The zero-order chi connectivity index (χ0) is 13.7. The van der Waals surface area contributed by atoms with Gasteiger partial charge >= 0.3 is 0 Å². The Morgan fingerprint density at radius 3 is 2.68 bits per heavy atom. The minimum absolute atomic E-state index is 0.0158. The number of hydrogen-bond acceptors (Lipinski definition) is 4. The van der Waals surface area contributed by atoms with Crippen LogP contribution < -0.4 is 4.90 Å². The summed E-state index contributed by atoms with van der Waals surface area (Å²) >= 11 is 11.4. The lowest BCUT2D eigenvalue weighted by molar-refractivity contribution is 0.464. The predicted octanol–water partition coefficient (Wildman–Crippen LogP) is 3.02. The molecular weight excluding hydrogens is 297 g/mol. The van der Waals surface area contributed by atoms with Crippen LogP contribution in [-0.2, 0) is 0 Å². The Morgan fingerprint density at radius 1 is 1.37 bits per heavy atom. The molecule has 0 aliphatic heterocycles. The van der Waals surface area contributed by atoms with Crippen molar-refractivity contribution in [3.63, 3.8) is 0 Å². The molecule has 2 aromatic rings. The van der Waals surface area contributed by atoms with Crippen LogP contribution >= 0.6 is 23.2 Å². The van der Waals surface area contributed by atoms with Gasteiger partial charge in [-0.1, -0.05) is 11.6 Å². The van der Waals surface area contributed by atoms with E-state index in [9.17, 15) is 8.78 Å². The predicted molar refractivity (Wildman–Crippen MR) is 69.0 cm³/mol. The SMILES string of the molecule is CN(c1nc(Cl)nc2c(F)c(Cl)ncc12)C1C[C@H]1F. The first-order valence-electron chi connectivity index (χ1n) is 5.53. The van der Waals surface area contributed by atoms with Crippen LogP contribution in [0.3, 0.4) is 0 Å². The molecule has 0 bridgehead atoms. The van der Waals surface area contributed by atoms with E-state index in [1.54, 1.807) is 11.9 Å². The third kappa shape index (κ3) is 2.08. The van der Waals surface area contributed by atoms with E-state index < -0.39 is 12.0 Å². The lowest BCUT2D eigenvalue weighted by Crippen LogP contribution is -2.23. The Balaban J connectivity index is 2.21. The topological polar surface area (TPSA) is 41.9 Å². The van der Waals surface area contributed by atoms with Crippen molar-refractivity contribution in [2.24, 2.45) is 0 Å². The largest absolute Gasteiger partial charge is 0.353 e. The molecule has 2 atom stereocenters. The summed E-state index contributed by atoms with van der Waals surface area (Å²) in [6.07, 6.45) is 0.876. The van der Waals surface area contributed by atoms with Crippen LogP contribution in [0, 0.1) is 5.82 Å². The number of pyridine rings is 1. The first kappa shape index (κ1) is 12.7. The summed E-state index contributed by atoms with van der Waals surface area (Å²) in [7, 11) is 1.68. The monoisotopic (exact) mass is 304 g/mol. The maximum absolute atomic E-state index is 13.9. The average molecular weight is 305 g/mol. The summed E-state index contributed by atoms with van der Waals surface area (Å²) < 4.78 is 27.0. The summed E-state index contributed by atoms with van der Waals surface area (Å²) in [5.74, 6) is -0.408. The van der Waals surface area contributed by atoms with Crippen molar-refractivity contribution in [2.45, 2.75) is 18.6 Å². The number of fused-ring (bicyclic) bond motifs is 1. The second-order valence-electron chi connectivity index (χ2n) is 4.37. The highest BCUT2D eigenvalue weighted by molar-refractivity contribution is 6.30. The standard InChI is InChI=1S/C11H8Cl2F2N4/c1-19(6-2-5(6)14)10-4-3-16-9(12)7(15)8(4)17-11(13)18-10/h3,5-6H,2H2,1H3/t5-,6?/m1/s1. The molecule has 0 N–H and O–H groups in total. The Hall–Kier alpha value is -1.27. The average Bonchev–Trinajstić information content (AvgIpc) is 3.10. The van der Waals surface area contributed by atoms with Gasteiger partial charge in [0, 0.05) is 19.7 Å². The van der Waals surface area contributed by atoms with E-state index in [-0.39, 0.29) is 22.0 Å². The lowest BCUT2D eigenvalue weighted by atomic mass is 10.2. The van der Waals surface area contributed by atoms with E-state index in [0.717, 1.165) is 0 Å². The molecule has 0 saturated heterocycles. The fraction of sp³-hybridized carbons (Fsp3) is 0.364. The Kier molecular flexibility index (Phi) is 2.94. The van der Waals surface area contributed by atoms with Crippen molar-refractivity contribution in [3.8, 4) is 0 Å². The highest BCUT2D eigenvalue weighted by Crippen LogP contribution is 2.36. The fourth-order valence-corrected chi connectivity index (χ4v) is 2.27. The molecule has 2 aromatic heterocycles. The zero-order valence-electron chi connectivity index (χ0n) is 9.74. The molecule has 1 fully saturated rings. The molecule has 0 amide bonds. The fourth-order valence-electron chi connectivity index (χ4n) is 1.97. The molecule has 4 nitrogen and oxygen atoms in total. The third-order valence-corrected chi connectivity index (χ3v) is 3.54. The van der Waals surface area contributed by atoms with Crippen LogP contribution in [0.1, 0.15) is 6.42 Å². The number of aromatic nitrogens is 3. The van der Waals surface area contributed by atoms with E-state index in [0.29, 0.717) is 17.6 Å². The van der Waals surface area contributed by atoms with Crippen molar-refractivity contribution < 1.29 is 8.78 Å². The van der Waals surface area contributed by atoms with Gasteiger partial charge in [0.2, 0.25) is 5.28 Å². The minimum Gasteiger partial charge on any atom is -0.353 e. The number of rotatable bonds is 2. The van der Waals surface area contributed by atoms with Gasteiger partial charge in [-0.3, -0.25) is 0 Å². The van der Waals surface area contributed by atoms with E-state index >= 15 is 0 Å². The lowest BCUT2D eigenvalue weighted by Gasteiger charge is -2.19. The number of anilines is 1. The quantitative estimate of drug-likeness (QED) is 0.632. The molecule has 8 heteroatoms. The number of alkyl halides is 1. The summed E-state index contributed by atoms with van der Waals surface area (Å²) in [6.45, 7) is 0. The van der Waals surface area contributed by atoms with Gasteiger partial charge in [-0.2, -0.15) is 4.98 Å². The van der Waals surface area contributed by atoms with Gasteiger partial charge in [0.15, 0.2) is 11.0 Å². The van der Waals surface area contributed by atoms with E-state index in [4.69, 9.17) is 23.2 Å². The Bertz CT molecular complexity index is 667. The van der Waals surface area contributed by atoms with E-state index in [1.807, 2.05) is 0 Å². The third-order valence-electron chi connectivity index (χ3n) is 3.11. The van der Waals surface area contributed by atoms with Crippen molar-refractivity contribution in [2.75, 3.05) is 11.9 Å². The summed E-state index contributed by atoms with van der Waals surface area (Å²) in [5.41, 5.74) is -0.0158. The molecule has 0 spiro atoms. The van der Waals surface area contributed by atoms with Gasteiger partial charge in [-0.25, -0.2) is 18.7 Å². The second-order valence-corrected chi connectivity index (χ2v) is 5.07. The van der Waals surface area contributed by atoms with Crippen molar-refractivity contribution in [1.82, 2.24) is 15.0 Å².